The van der Waals surface area contributed by atoms with Crippen LogP contribution in [0.15, 0.2) is 30.3 Å². The molecule has 0 saturated heterocycles. The van der Waals surface area contributed by atoms with E-state index in [2.05, 4.69) is 0 Å². The standard InChI is InChI=1S/C11H12O3.K/c1-2-14-10-6-3-9(4-7-10)5-8-11(12)13;/h3-8H,2H2,1H3,(H,12,13);/q;+1/p-1/b8-5+;. The van der Waals surface area contributed by atoms with Crippen LogP contribution in [0.4, 0.5) is 0 Å². The molecule has 0 N–H and O–H groups in total. The Labute approximate surface area is 132 Å². The summed E-state index contributed by atoms with van der Waals surface area (Å²) in [6, 6.07) is 7.14. The quantitative estimate of drug-likeness (QED) is 0.438. The summed E-state index contributed by atoms with van der Waals surface area (Å²) in [5.41, 5.74) is 0.803. The number of ether oxygens (including phenoxy) is 1. The summed E-state index contributed by atoms with van der Waals surface area (Å²) >= 11 is 0. The number of hydrogen-bond donors (Lipinski definition) is 0. The van der Waals surface area contributed by atoms with Crippen LogP contribution in [0.2, 0.25) is 0 Å². The van der Waals surface area contributed by atoms with Crippen LogP contribution < -0.4 is 61.2 Å². The first-order valence-electron chi connectivity index (χ1n) is 4.34. The molecule has 15 heavy (non-hydrogen) atoms. The van der Waals surface area contributed by atoms with E-state index in [-0.39, 0.29) is 51.4 Å². The zero-order valence-corrected chi connectivity index (χ0v) is 12.0. The topological polar surface area (TPSA) is 49.4 Å². The Hall–Kier alpha value is -0.134. The Kier molecular flexibility index (Phi) is 8.00. The number of rotatable bonds is 4. The van der Waals surface area contributed by atoms with Crippen molar-refractivity contribution >= 4 is 12.0 Å². The number of hydrogen-bond acceptors (Lipinski definition) is 3. The van der Waals surface area contributed by atoms with Crippen LogP contribution >= 0.6 is 0 Å². The maximum Gasteiger partial charge on any atom is 1.00 e. The Balaban J connectivity index is 0.00000196. The summed E-state index contributed by atoms with van der Waals surface area (Å²) in [4.78, 5) is 10.1. The SMILES string of the molecule is CCOc1ccc(/C=C/C(=O)[O-])cc1.[K+]. The van der Waals surface area contributed by atoms with Gasteiger partial charge in [0.2, 0.25) is 0 Å². The molecule has 0 aliphatic carbocycles. The van der Waals surface area contributed by atoms with Gasteiger partial charge < -0.3 is 14.6 Å². The van der Waals surface area contributed by atoms with Crippen molar-refractivity contribution in [1.82, 2.24) is 0 Å². The first-order chi connectivity index (χ1) is 6.72. The van der Waals surface area contributed by atoms with Gasteiger partial charge in [-0.25, -0.2) is 0 Å². The molecule has 0 bridgehead atoms. The van der Waals surface area contributed by atoms with Crippen molar-refractivity contribution in [3.8, 4) is 5.75 Å². The van der Waals surface area contributed by atoms with Crippen LogP contribution in [0.5, 0.6) is 5.75 Å². The molecule has 1 aromatic rings. The Bertz CT molecular complexity index is 330. The molecule has 0 radical (unpaired) electrons. The van der Waals surface area contributed by atoms with Crippen LogP contribution in [0.25, 0.3) is 6.08 Å². The molecule has 0 saturated carbocycles. The Morgan fingerprint density at radius 2 is 2.00 bits per heavy atom. The van der Waals surface area contributed by atoms with Gasteiger partial charge in [0.25, 0.3) is 0 Å². The molecule has 1 rings (SSSR count). The molecular formula is C11H11KO3. The third-order valence-corrected chi connectivity index (χ3v) is 1.60. The first kappa shape index (κ1) is 14.9. The zero-order chi connectivity index (χ0) is 10.4. The van der Waals surface area contributed by atoms with E-state index < -0.39 is 5.97 Å². The number of carbonyl (C=O) groups is 1. The molecular weight excluding hydrogens is 219 g/mol. The predicted octanol–water partition coefficient (Wildman–Crippen LogP) is -2.15. The van der Waals surface area contributed by atoms with Gasteiger partial charge in [-0.05, 0) is 30.7 Å². The van der Waals surface area contributed by atoms with Crippen LogP contribution in [0, 0.1) is 0 Å². The van der Waals surface area contributed by atoms with E-state index in [0.717, 1.165) is 17.4 Å². The molecule has 0 amide bonds. The average molecular weight is 230 g/mol. The summed E-state index contributed by atoms with van der Waals surface area (Å²) < 4.78 is 5.23. The Morgan fingerprint density at radius 1 is 1.40 bits per heavy atom. The normalized spacial score (nSPS) is 9.67. The van der Waals surface area contributed by atoms with Gasteiger partial charge in [0, 0.05) is 0 Å². The summed E-state index contributed by atoms with van der Waals surface area (Å²) in [6.07, 6.45) is 2.47. The minimum absolute atomic E-state index is 0. The van der Waals surface area contributed by atoms with Crippen LogP contribution in [0.3, 0.4) is 0 Å². The fraction of sp³-hybridized carbons (Fsp3) is 0.182. The van der Waals surface area contributed by atoms with Crippen molar-refractivity contribution < 1.29 is 66.0 Å². The molecule has 0 aliphatic heterocycles. The fourth-order valence-electron chi connectivity index (χ4n) is 1.01. The molecule has 0 spiro atoms. The van der Waals surface area contributed by atoms with Crippen LogP contribution in [0.1, 0.15) is 12.5 Å². The second-order valence-electron chi connectivity index (χ2n) is 2.65. The second-order valence-corrected chi connectivity index (χ2v) is 2.65. The van der Waals surface area contributed by atoms with Crippen LogP contribution in [-0.4, -0.2) is 12.6 Å². The molecule has 74 valence electrons. The van der Waals surface area contributed by atoms with E-state index in [0.29, 0.717) is 6.61 Å². The molecule has 1 aromatic carbocycles. The monoisotopic (exact) mass is 230 g/mol. The van der Waals surface area contributed by atoms with Gasteiger partial charge in [-0.3, -0.25) is 0 Å². The number of aliphatic carboxylic acids is 1. The van der Waals surface area contributed by atoms with Gasteiger partial charge in [0.1, 0.15) is 5.75 Å². The van der Waals surface area contributed by atoms with Gasteiger partial charge >= 0.3 is 51.4 Å². The van der Waals surface area contributed by atoms with E-state index in [4.69, 9.17) is 4.74 Å². The van der Waals surface area contributed by atoms with Crippen molar-refractivity contribution in [3.63, 3.8) is 0 Å². The van der Waals surface area contributed by atoms with Crippen molar-refractivity contribution in [1.29, 1.82) is 0 Å². The molecule has 0 unspecified atom stereocenters. The maximum atomic E-state index is 10.1. The van der Waals surface area contributed by atoms with Gasteiger partial charge in [0.15, 0.2) is 0 Å². The van der Waals surface area contributed by atoms with E-state index in [9.17, 15) is 9.90 Å². The predicted molar refractivity (Wildman–Crippen MR) is 51.7 cm³/mol. The maximum absolute atomic E-state index is 10.1. The molecule has 0 heterocycles. The van der Waals surface area contributed by atoms with E-state index in [1.807, 2.05) is 6.92 Å². The van der Waals surface area contributed by atoms with E-state index in [1.54, 1.807) is 24.3 Å². The van der Waals surface area contributed by atoms with Crippen molar-refractivity contribution in [2.45, 2.75) is 6.92 Å². The van der Waals surface area contributed by atoms with Crippen molar-refractivity contribution in [2.24, 2.45) is 0 Å². The largest absolute Gasteiger partial charge is 1.00 e. The van der Waals surface area contributed by atoms with Gasteiger partial charge in [-0.2, -0.15) is 0 Å². The summed E-state index contributed by atoms with van der Waals surface area (Å²) in [5.74, 6) is -0.419. The smallest absolute Gasteiger partial charge is 0.545 e. The molecule has 0 aromatic heterocycles. The summed E-state index contributed by atoms with van der Waals surface area (Å²) in [7, 11) is 0. The van der Waals surface area contributed by atoms with E-state index >= 15 is 0 Å². The third kappa shape index (κ3) is 6.12. The van der Waals surface area contributed by atoms with E-state index in [1.165, 1.54) is 6.08 Å². The van der Waals surface area contributed by atoms with Crippen molar-refractivity contribution in [2.75, 3.05) is 6.61 Å². The zero-order valence-electron chi connectivity index (χ0n) is 8.90. The average Bonchev–Trinajstić information content (AvgIpc) is 2.17. The summed E-state index contributed by atoms with van der Waals surface area (Å²) in [5, 5.41) is 10.1. The number of benzene rings is 1. The molecule has 3 nitrogen and oxygen atoms in total. The van der Waals surface area contributed by atoms with Gasteiger partial charge in [0.05, 0.1) is 12.6 Å². The number of carbonyl (C=O) groups excluding carboxylic acids is 1. The third-order valence-electron chi connectivity index (χ3n) is 1.60. The molecule has 0 aliphatic rings. The van der Waals surface area contributed by atoms with Crippen LogP contribution in [-0.2, 0) is 4.79 Å². The minimum Gasteiger partial charge on any atom is -0.545 e. The molecule has 0 atom stereocenters. The summed E-state index contributed by atoms with van der Waals surface area (Å²) in [6.45, 7) is 2.53. The Morgan fingerprint density at radius 3 is 2.47 bits per heavy atom. The number of carboxylic acids is 1. The van der Waals surface area contributed by atoms with Gasteiger partial charge in [-0.1, -0.05) is 18.2 Å². The fourth-order valence-corrected chi connectivity index (χ4v) is 1.01. The first-order valence-corrected chi connectivity index (χ1v) is 4.34. The minimum atomic E-state index is -1.20. The van der Waals surface area contributed by atoms with Crippen molar-refractivity contribution in [3.05, 3.63) is 35.9 Å². The second kappa shape index (κ2) is 8.07. The number of carboxylic acid groups (broad SMARTS) is 1. The molecule has 4 heteroatoms. The molecule has 0 fully saturated rings. The van der Waals surface area contributed by atoms with Gasteiger partial charge in [-0.15, -0.1) is 0 Å².